The lowest BCUT2D eigenvalue weighted by Crippen LogP contribution is -2.51. The van der Waals surface area contributed by atoms with Crippen molar-refractivity contribution in [2.45, 2.75) is 64.8 Å². The lowest BCUT2D eigenvalue weighted by atomic mass is 9.88. The Bertz CT molecular complexity index is 974. The van der Waals surface area contributed by atoms with Crippen molar-refractivity contribution in [1.29, 1.82) is 0 Å². The Morgan fingerprint density at radius 1 is 1.35 bits per heavy atom. The number of aliphatic hydroxyl groups excluding tert-OH is 1. The van der Waals surface area contributed by atoms with Crippen LogP contribution < -0.4 is 5.32 Å². The molecule has 2 heterocycles. The van der Waals surface area contributed by atoms with E-state index in [1.807, 2.05) is 20.8 Å². The molecule has 10 heteroatoms. The third-order valence-electron chi connectivity index (χ3n) is 5.87. The molecule has 0 spiro atoms. The zero-order valence-corrected chi connectivity index (χ0v) is 18.6. The van der Waals surface area contributed by atoms with Gasteiger partial charge in [0.1, 0.15) is 12.1 Å². The van der Waals surface area contributed by atoms with Crippen molar-refractivity contribution in [2.75, 3.05) is 0 Å². The smallest absolute Gasteiger partial charge is 0.252 e. The average molecular weight is 447 g/mol. The normalized spacial score (nSPS) is 23.4. The number of hydrogen-bond donors (Lipinski definition) is 3. The Kier molecular flexibility index (Phi) is 5.74. The number of H-pyrrole nitrogens is 1. The number of aliphatic hydroxyl groups is 1. The van der Waals surface area contributed by atoms with Crippen LogP contribution >= 0.6 is 11.6 Å². The van der Waals surface area contributed by atoms with Gasteiger partial charge in [-0.25, -0.2) is 5.10 Å². The Balaban J connectivity index is 1.46. The molecule has 166 valence electrons. The summed E-state index contributed by atoms with van der Waals surface area (Å²) in [5, 5.41) is 27.8. The van der Waals surface area contributed by atoms with E-state index >= 15 is 0 Å². The maximum absolute atomic E-state index is 13.0. The number of tetrazole rings is 1. The second kappa shape index (κ2) is 8.20. The summed E-state index contributed by atoms with van der Waals surface area (Å²) in [4.78, 5) is 27.6. The second-order valence-corrected chi connectivity index (χ2v) is 10.0. The molecule has 1 aromatic carbocycles. The number of rotatable bonds is 6. The molecule has 1 saturated carbocycles. The Morgan fingerprint density at radius 3 is 2.81 bits per heavy atom. The predicted molar refractivity (Wildman–Crippen MR) is 114 cm³/mol. The van der Waals surface area contributed by atoms with Crippen LogP contribution in [0, 0.1) is 11.3 Å². The molecule has 4 atom stereocenters. The number of carbonyl (C=O) groups is 2. The van der Waals surface area contributed by atoms with Gasteiger partial charge in [0.05, 0.1) is 0 Å². The molecule has 9 nitrogen and oxygen atoms in total. The van der Waals surface area contributed by atoms with Gasteiger partial charge in [0, 0.05) is 23.2 Å². The van der Waals surface area contributed by atoms with E-state index in [1.165, 1.54) is 0 Å². The van der Waals surface area contributed by atoms with Gasteiger partial charge in [-0.15, -0.1) is 5.10 Å². The van der Waals surface area contributed by atoms with Crippen LogP contribution in [-0.2, 0) is 16.1 Å². The Hall–Kier alpha value is -2.52. The van der Waals surface area contributed by atoms with Crippen LogP contribution in [0.2, 0.25) is 5.02 Å². The minimum Gasteiger partial charge on any atom is -0.383 e. The monoisotopic (exact) mass is 446 g/mol. The van der Waals surface area contributed by atoms with Gasteiger partial charge in [-0.3, -0.25) is 9.59 Å². The molecule has 0 bridgehead atoms. The predicted octanol–water partition coefficient (Wildman–Crippen LogP) is 1.92. The lowest BCUT2D eigenvalue weighted by molar-refractivity contribution is -0.147. The van der Waals surface area contributed by atoms with Crippen molar-refractivity contribution in [3.05, 3.63) is 28.8 Å². The van der Waals surface area contributed by atoms with Crippen molar-refractivity contribution in [1.82, 2.24) is 30.8 Å². The van der Waals surface area contributed by atoms with E-state index in [-0.39, 0.29) is 29.8 Å². The first-order valence-electron chi connectivity index (χ1n) is 10.4. The summed E-state index contributed by atoms with van der Waals surface area (Å²) in [6.45, 7) is 6.15. The summed E-state index contributed by atoms with van der Waals surface area (Å²) < 4.78 is 0. The topological polar surface area (TPSA) is 124 Å². The van der Waals surface area contributed by atoms with Gasteiger partial charge < -0.3 is 15.3 Å². The molecule has 4 rings (SSSR count). The highest BCUT2D eigenvalue weighted by Gasteiger charge is 2.56. The van der Waals surface area contributed by atoms with Crippen molar-refractivity contribution < 1.29 is 14.7 Å². The van der Waals surface area contributed by atoms with Gasteiger partial charge in [0.15, 0.2) is 5.82 Å². The number of aromatic amines is 1. The molecular weight excluding hydrogens is 420 g/mol. The van der Waals surface area contributed by atoms with E-state index in [4.69, 9.17) is 11.6 Å². The van der Waals surface area contributed by atoms with Crippen LogP contribution in [-0.4, -0.2) is 60.6 Å². The molecule has 2 fully saturated rings. The van der Waals surface area contributed by atoms with Gasteiger partial charge in [0.25, 0.3) is 5.91 Å². The summed E-state index contributed by atoms with van der Waals surface area (Å²) in [6.07, 6.45) is 0.770. The Morgan fingerprint density at radius 2 is 2.13 bits per heavy atom. The highest BCUT2D eigenvalue weighted by atomic mass is 35.5. The van der Waals surface area contributed by atoms with Crippen molar-refractivity contribution in [2.24, 2.45) is 11.3 Å². The lowest BCUT2D eigenvalue weighted by Gasteiger charge is -2.31. The number of aromatic nitrogens is 4. The first-order valence-corrected chi connectivity index (χ1v) is 10.8. The fourth-order valence-corrected chi connectivity index (χ4v) is 4.55. The zero-order valence-electron chi connectivity index (χ0n) is 17.8. The van der Waals surface area contributed by atoms with Gasteiger partial charge >= 0.3 is 0 Å². The van der Waals surface area contributed by atoms with Crippen molar-refractivity contribution >= 4 is 23.4 Å². The number of amides is 2. The number of carbonyl (C=O) groups excluding carboxylic acids is 2. The minimum absolute atomic E-state index is 0.0554. The first kappa shape index (κ1) is 21.7. The number of hydrogen-bond acceptors (Lipinski definition) is 6. The maximum atomic E-state index is 13.0. The van der Waals surface area contributed by atoms with Crippen LogP contribution in [0.3, 0.4) is 0 Å². The second-order valence-electron chi connectivity index (χ2n) is 9.61. The van der Waals surface area contributed by atoms with Crippen LogP contribution in [0.15, 0.2) is 18.2 Å². The SMILES string of the molecule is CC(C)(C)C[C@@H](O)C(=O)N1[C@H](C(=O)NCc2cc(Cl)ccc2-c2nnn[nH]2)C[C@@H]2C[C@@H]21. The fraction of sp³-hybridized carbons (Fsp3) is 0.571. The van der Waals surface area contributed by atoms with Crippen LogP contribution in [0.25, 0.3) is 11.4 Å². The molecule has 3 N–H and O–H groups in total. The van der Waals surface area contributed by atoms with Crippen molar-refractivity contribution in [3.63, 3.8) is 0 Å². The van der Waals surface area contributed by atoms with E-state index in [1.54, 1.807) is 23.1 Å². The highest BCUT2D eigenvalue weighted by Crippen LogP contribution is 2.48. The number of nitrogens with zero attached hydrogens (tertiary/aromatic N) is 4. The van der Waals surface area contributed by atoms with Crippen molar-refractivity contribution in [3.8, 4) is 11.4 Å². The molecule has 2 aromatic rings. The number of likely N-dealkylation sites (tertiary alicyclic amines) is 1. The van der Waals surface area contributed by atoms with Crippen LogP contribution in [0.5, 0.6) is 0 Å². The summed E-state index contributed by atoms with van der Waals surface area (Å²) in [6, 6.07) is 4.75. The number of piperidine rings is 1. The van der Waals surface area contributed by atoms with Gasteiger partial charge in [0.2, 0.25) is 5.91 Å². The third-order valence-corrected chi connectivity index (χ3v) is 6.11. The largest absolute Gasteiger partial charge is 0.383 e. The first-order chi connectivity index (χ1) is 14.6. The van der Waals surface area contributed by atoms with E-state index < -0.39 is 12.1 Å². The third kappa shape index (κ3) is 4.72. The number of halogens is 1. The summed E-state index contributed by atoms with van der Waals surface area (Å²) in [5.74, 6) is 0.232. The van der Waals surface area contributed by atoms with E-state index in [9.17, 15) is 14.7 Å². The Labute approximate surface area is 185 Å². The zero-order chi connectivity index (χ0) is 22.3. The molecule has 2 aliphatic rings. The average Bonchev–Trinajstić information content (AvgIpc) is 3.10. The molecular formula is C21H27ClN6O3. The number of fused-ring (bicyclic) bond motifs is 1. The molecule has 31 heavy (non-hydrogen) atoms. The molecule has 0 radical (unpaired) electrons. The molecule has 1 saturated heterocycles. The molecule has 1 aliphatic carbocycles. The fourth-order valence-electron chi connectivity index (χ4n) is 4.36. The van der Waals surface area contributed by atoms with Gasteiger partial charge in [-0.05, 0) is 64.8 Å². The molecule has 1 aliphatic heterocycles. The summed E-state index contributed by atoms with van der Waals surface area (Å²) in [5.41, 5.74) is 1.30. The van der Waals surface area contributed by atoms with Crippen LogP contribution in [0.4, 0.5) is 0 Å². The van der Waals surface area contributed by atoms with E-state index in [2.05, 4.69) is 25.9 Å². The highest BCUT2D eigenvalue weighted by molar-refractivity contribution is 6.30. The molecule has 2 amide bonds. The molecule has 1 aromatic heterocycles. The summed E-state index contributed by atoms with van der Waals surface area (Å²) in [7, 11) is 0. The van der Waals surface area contributed by atoms with Crippen LogP contribution in [0.1, 0.15) is 45.6 Å². The minimum atomic E-state index is -1.10. The van der Waals surface area contributed by atoms with E-state index in [0.29, 0.717) is 29.6 Å². The number of benzene rings is 1. The maximum Gasteiger partial charge on any atom is 0.252 e. The standard InChI is InChI=1S/C21H27ClN6O3/c1-21(2,3)9-17(29)20(31)28-15-7-11(15)8-16(28)19(30)23-10-12-6-13(22)4-5-14(12)18-24-26-27-25-18/h4-6,11,15-17,29H,7-10H2,1-3H3,(H,23,30)(H,24,25,26,27)/t11-,15-,16-,17+/m0/s1. The number of nitrogens with one attached hydrogen (secondary N) is 2. The van der Waals surface area contributed by atoms with Gasteiger partial charge in [-0.1, -0.05) is 32.4 Å². The molecule has 0 unspecified atom stereocenters. The summed E-state index contributed by atoms with van der Waals surface area (Å²) >= 11 is 6.14. The van der Waals surface area contributed by atoms with E-state index in [0.717, 1.165) is 17.5 Å². The van der Waals surface area contributed by atoms with Gasteiger partial charge in [-0.2, -0.15) is 0 Å². The quantitative estimate of drug-likeness (QED) is 0.622.